The number of sulfone groups is 1. The van der Waals surface area contributed by atoms with Crippen molar-refractivity contribution < 1.29 is 8.42 Å². The lowest BCUT2D eigenvalue weighted by Crippen LogP contribution is -2.30. The van der Waals surface area contributed by atoms with Crippen molar-refractivity contribution in [1.82, 2.24) is 9.13 Å². The number of hydrogen-bond donors (Lipinski definition) is 0. The average molecular weight is 756 g/mol. The number of anilines is 3. The number of nitrogens with zero attached hydrogens (tertiary/aromatic N) is 3. The maximum absolute atomic E-state index is 15.1. The van der Waals surface area contributed by atoms with Crippen LogP contribution in [0.4, 0.5) is 17.1 Å². The van der Waals surface area contributed by atoms with Crippen molar-refractivity contribution in [3.8, 4) is 11.4 Å². The highest BCUT2D eigenvalue weighted by Gasteiger charge is 2.36. The fourth-order valence-corrected chi connectivity index (χ4v) is 10.6. The van der Waals surface area contributed by atoms with E-state index < -0.39 is 9.84 Å². The van der Waals surface area contributed by atoms with Gasteiger partial charge in [0.2, 0.25) is 9.84 Å². The first-order chi connectivity index (χ1) is 27.8. The summed E-state index contributed by atoms with van der Waals surface area (Å²) in [5, 5.41) is 4.44. The monoisotopic (exact) mass is 755 g/mol. The van der Waals surface area contributed by atoms with E-state index in [1.54, 1.807) is 12.1 Å². The highest BCUT2D eigenvalue weighted by atomic mass is 32.2. The van der Waals surface area contributed by atoms with E-state index in [0.29, 0.717) is 0 Å². The van der Waals surface area contributed by atoms with Gasteiger partial charge < -0.3 is 14.0 Å². The SMILES string of the molecule is CC1(C)c2ccccc2N(c2ccc(S(=O)(=O)c3cc(-n4c5ccccc5c5ccccc54)cc(-n4c5ccccc5c5ccccc54)c3)cc2)c2ccccc21. The Morgan fingerprint density at radius 2 is 0.754 bits per heavy atom. The molecule has 11 rings (SSSR count). The lowest BCUT2D eigenvalue weighted by molar-refractivity contribution is 0.596. The minimum absolute atomic E-state index is 0.192. The zero-order valence-corrected chi connectivity index (χ0v) is 32.3. The predicted molar refractivity (Wildman–Crippen MR) is 234 cm³/mol. The summed E-state index contributed by atoms with van der Waals surface area (Å²) in [6.07, 6.45) is 0. The van der Waals surface area contributed by atoms with Crippen LogP contribution in [-0.2, 0) is 15.3 Å². The lowest BCUT2D eigenvalue weighted by Gasteiger charge is -2.42. The molecule has 0 atom stereocenters. The highest BCUT2D eigenvalue weighted by molar-refractivity contribution is 7.91. The van der Waals surface area contributed by atoms with Crippen LogP contribution < -0.4 is 4.90 Å². The zero-order chi connectivity index (χ0) is 38.5. The molecule has 8 aromatic carbocycles. The Morgan fingerprint density at radius 1 is 0.386 bits per heavy atom. The predicted octanol–water partition coefficient (Wildman–Crippen LogP) is 12.8. The minimum atomic E-state index is -4.01. The van der Waals surface area contributed by atoms with Crippen molar-refractivity contribution in [2.45, 2.75) is 29.1 Å². The molecule has 0 aliphatic carbocycles. The van der Waals surface area contributed by atoms with Crippen molar-refractivity contribution in [2.75, 3.05) is 4.90 Å². The number of hydrogen-bond acceptors (Lipinski definition) is 3. The summed E-state index contributed by atoms with van der Waals surface area (Å²) in [6.45, 7) is 4.53. The summed E-state index contributed by atoms with van der Waals surface area (Å²) in [7, 11) is -4.01. The molecule has 2 aromatic heterocycles. The van der Waals surface area contributed by atoms with Crippen molar-refractivity contribution in [3.05, 3.63) is 199 Å². The first-order valence-electron chi connectivity index (χ1n) is 19.3. The highest BCUT2D eigenvalue weighted by Crippen LogP contribution is 2.51. The van der Waals surface area contributed by atoms with Gasteiger partial charge in [0.05, 0.1) is 43.2 Å². The van der Waals surface area contributed by atoms with Crippen molar-refractivity contribution in [2.24, 2.45) is 0 Å². The number of benzene rings is 8. The van der Waals surface area contributed by atoms with E-state index in [1.165, 1.54) is 11.1 Å². The second-order valence-corrected chi connectivity index (χ2v) is 17.4. The van der Waals surface area contributed by atoms with Gasteiger partial charge in [0.1, 0.15) is 0 Å². The molecule has 1 aliphatic heterocycles. The summed E-state index contributed by atoms with van der Waals surface area (Å²) >= 11 is 0. The van der Waals surface area contributed by atoms with Crippen LogP contribution in [0.1, 0.15) is 25.0 Å². The van der Waals surface area contributed by atoms with Crippen LogP contribution >= 0.6 is 0 Å². The third-order valence-electron chi connectivity index (χ3n) is 11.9. The van der Waals surface area contributed by atoms with Gasteiger partial charge in [0.15, 0.2) is 0 Å². The molecule has 0 N–H and O–H groups in total. The van der Waals surface area contributed by atoms with Crippen molar-refractivity contribution >= 4 is 70.5 Å². The second kappa shape index (κ2) is 12.3. The van der Waals surface area contributed by atoms with E-state index in [1.807, 2.05) is 48.5 Å². The summed E-state index contributed by atoms with van der Waals surface area (Å²) in [6, 6.07) is 63.4. The Labute approximate surface area is 331 Å². The number of rotatable bonds is 5. The van der Waals surface area contributed by atoms with E-state index in [9.17, 15) is 0 Å². The third-order valence-corrected chi connectivity index (χ3v) is 13.7. The Morgan fingerprint density at radius 3 is 1.18 bits per heavy atom. The topological polar surface area (TPSA) is 47.2 Å². The van der Waals surface area contributed by atoms with Crippen LogP contribution in [0.25, 0.3) is 55.0 Å². The largest absolute Gasteiger partial charge is 0.310 e. The molecule has 0 radical (unpaired) electrons. The number of aromatic nitrogens is 2. The molecule has 0 fully saturated rings. The van der Waals surface area contributed by atoms with Gasteiger partial charge in [-0.05, 0) is 90.0 Å². The molecular formula is C51H37N3O2S. The molecule has 274 valence electrons. The molecule has 0 amide bonds. The molecule has 3 heterocycles. The lowest BCUT2D eigenvalue weighted by atomic mass is 9.73. The van der Waals surface area contributed by atoms with E-state index in [-0.39, 0.29) is 15.2 Å². The summed E-state index contributed by atoms with van der Waals surface area (Å²) in [4.78, 5) is 2.70. The first kappa shape index (κ1) is 33.4. The van der Waals surface area contributed by atoms with Crippen LogP contribution in [0, 0.1) is 0 Å². The maximum atomic E-state index is 15.1. The zero-order valence-electron chi connectivity index (χ0n) is 31.5. The quantitative estimate of drug-likeness (QED) is 0.176. The Balaban J connectivity index is 1.12. The third kappa shape index (κ3) is 4.90. The Bertz CT molecular complexity index is 3070. The fraction of sp³-hybridized carbons (Fsp3) is 0.0588. The van der Waals surface area contributed by atoms with E-state index in [0.717, 1.165) is 72.0 Å². The Hall–Kier alpha value is -6.89. The number of para-hydroxylation sites is 6. The molecule has 0 bridgehead atoms. The van der Waals surface area contributed by atoms with Crippen molar-refractivity contribution in [1.29, 1.82) is 0 Å². The molecule has 57 heavy (non-hydrogen) atoms. The smallest absolute Gasteiger partial charge is 0.206 e. The van der Waals surface area contributed by atoms with Gasteiger partial charge in [0, 0.05) is 44.0 Å². The fourth-order valence-electron chi connectivity index (χ4n) is 9.24. The molecule has 0 unspecified atom stereocenters. The van der Waals surface area contributed by atoms with Crippen LogP contribution in [0.5, 0.6) is 0 Å². The van der Waals surface area contributed by atoms with Gasteiger partial charge in [0.25, 0.3) is 0 Å². The molecule has 0 saturated carbocycles. The molecule has 0 spiro atoms. The van der Waals surface area contributed by atoms with Crippen LogP contribution in [0.15, 0.2) is 198 Å². The maximum Gasteiger partial charge on any atom is 0.206 e. The standard InChI is InChI=1S/C51H37N3O2S/c1-51(2)43-19-7-13-25-49(43)52(50-26-14-8-20-44(50)51)34-27-29-37(30-28-34)57(55,56)38-32-35(53-45-21-9-3-15-39(45)40-16-4-10-22-46(40)53)31-36(33-38)54-47-23-11-5-17-41(47)42-18-6-12-24-48(42)54/h3-33H,1-2H3. The first-order valence-corrected chi connectivity index (χ1v) is 20.8. The molecule has 6 heteroatoms. The summed E-state index contributed by atoms with van der Waals surface area (Å²) in [5.41, 5.74) is 10.9. The van der Waals surface area contributed by atoms with Crippen molar-refractivity contribution in [3.63, 3.8) is 0 Å². The van der Waals surface area contributed by atoms with Gasteiger partial charge in [-0.3, -0.25) is 0 Å². The molecule has 0 saturated heterocycles. The molecule has 10 aromatic rings. The van der Waals surface area contributed by atoms with Gasteiger partial charge in [-0.15, -0.1) is 0 Å². The molecule has 5 nitrogen and oxygen atoms in total. The second-order valence-electron chi connectivity index (χ2n) is 15.4. The minimum Gasteiger partial charge on any atom is -0.310 e. The van der Waals surface area contributed by atoms with E-state index in [4.69, 9.17) is 0 Å². The Kier molecular flexibility index (Phi) is 7.22. The van der Waals surface area contributed by atoms with Gasteiger partial charge >= 0.3 is 0 Å². The summed E-state index contributed by atoms with van der Waals surface area (Å²) < 4.78 is 34.5. The average Bonchev–Trinajstić information content (AvgIpc) is 3.77. The van der Waals surface area contributed by atoms with E-state index >= 15 is 8.42 Å². The number of fused-ring (bicyclic) bond motifs is 8. The van der Waals surface area contributed by atoms with Gasteiger partial charge in [-0.1, -0.05) is 123 Å². The van der Waals surface area contributed by atoms with E-state index in [2.05, 4.69) is 155 Å². The summed E-state index contributed by atoms with van der Waals surface area (Å²) in [5.74, 6) is 0. The normalized spacial score (nSPS) is 13.7. The van der Waals surface area contributed by atoms with Gasteiger partial charge in [-0.25, -0.2) is 8.42 Å². The van der Waals surface area contributed by atoms with Crippen LogP contribution in [0.2, 0.25) is 0 Å². The van der Waals surface area contributed by atoms with Crippen LogP contribution in [-0.4, -0.2) is 17.6 Å². The van der Waals surface area contributed by atoms with Crippen LogP contribution in [0.3, 0.4) is 0 Å². The molecular weight excluding hydrogens is 719 g/mol. The molecule has 1 aliphatic rings. The van der Waals surface area contributed by atoms with Gasteiger partial charge in [-0.2, -0.15) is 0 Å².